The molecule has 1 aromatic carbocycles. The molecule has 0 saturated heterocycles. The van der Waals surface area contributed by atoms with Crippen molar-refractivity contribution in [2.75, 3.05) is 0 Å². The summed E-state index contributed by atoms with van der Waals surface area (Å²) in [5.74, 6) is 0.981. The fourth-order valence-corrected chi connectivity index (χ4v) is 1.33. The van der Waals surface area contributed by atoms with Crippen molar-refractivity contribution in [1.29, 1.82) is 0 Å². The lowest BCUT2D eigenvalue weighted by atomic mass is 10.1. The number of furan rings is 1. The van der Waals surface area contributed by atoms with Gasteiger partial charge in [-0.15, -0.1) is 0 Å². The van der Waals surface area contributed by atoms with Crippen LogP contribution in [-0.2, 0) is 0 Å². The first-order valence-corrected chi connectivity index (χ1v) is 3.73. The molecule has 2 aromatic rings. The van der Waals surface area contributed by atoms with Gasteiger partial charge in [0.1, 0.15) is 11.3 Å². The quantitative estimate of drug-likeness (QED) is 0.556. The molecule has 0 unspecified atom stereocenters. The lowest BCUT2D eigenvalue weighted by molar-refractivity contribution is 0.578. The van der Waals surface area contributed by atoms with Crippen LogP contribution in [0, 0.1) is 13.8 Å². The summed E-state index contributed by atoms with van der Waals surface area (Å²) in [6, 6.07) is 8.18. The van der Waals surface area contributed by atoms with E-state index in [1.54, 1.807) is 0 Å². The SMILES string of the molecule is Cc1cc2c(C)cccc2o1. The van der Waals surface area contributed by atoms with Crippen molar-refractivity contribution in [1.82, 2.24) is 0 Å². The third-order valence-corrected chi connectivity index (χ3v) is 1.90. The Labute approximate surface area is 65.6 Å². The first-order valence-electron chi connectivity index (χ1n) is 3.73. The van der Waals surface area contributed by atoms with E-state index in [0.717, 1.165) is 11.3 Å². The van der Waals surface area contributed by atoms with Gasteiger partial charge < -0.3 is 4.42 Å². The van der Waals surface area contributed by atoms with Crippen molar-refractivity contribution < 1.29 is 4.42 Å². The van der Waals surface area contributed by atoms with Crippen LogP contribution in [-0.4, -0.2) is 0 Å². The Morgan fingerprint density at radius 2 is 2.00 bits per heavy atom. The average molecular weight is 146 g/mol. The second-order valence-electron chi connectivity index (χ2n) is 2.84. The second kappa shape index (κ2) is 2.12. The Bertz CT molecular complexity index is 385. The lowest BCUT2D eigenvalue weighted by Gasteiger charge is -1.90. The summed E-state index contributed by atoms with van der Waals surface area (Å²) in [5, 5.41) is 1.23. The molecule has 1 heterocycles. The minimum atomic E-state index is 0.981. The van der Waals surface area contributed by atoms with E-state index in [0.29, 0.717) is 0 Å². The van der Waals surface area contributed by atoms with Gasteiger partial charge in [-0.2, -0.15) is 0 Å². The van der Waals surface area contributed by atoms with Crippen LogP contribution in [0.3, 0.4) is 0 Å². The fourth-order valence-electron chi connectivity index (χ4n) is 1.33. The van der Waals surface area contributed by atoms with Gasteiger partial charge in [0.25, 0.3) is 0 Å². The van der Waals surface area contributed by atoms with Crippen LogP contribution in [0.1, 0.15) is 11.3 Å². The molecule has 56 valence electrons. The highest BCUT2D eigenvalue weighted by atomic mass is 16.3. The zero-order valence-electron chi connectivity index (χ0n) is 6.72. The van der Waals surface area contributed by atoms with E-state index in [4.69, 9.17) is 4.42 Å². The highest BCUT2D eigenvalue weighted by molar-refractivity contribution is 5.81. The molecule has 0 aliphatic carbocycles. The second-order valence-corrected chi connectivity index (χ2v) is 2.84. The van der Waals surface area contributed by atoms with Crippen molar-refractivity contribution >= 4 is 11.0 Å². The number of hydrogen-bond acceptors (Lipinski definition) is 1. The normalized spacial score (nSPS) is 10.7. The van der Waals surface area contributed by atoms with Gasteiger partial charge in [0, 0.05) is 5.39 Å². The zero-order chi connectivity index (χ0) is 7.84. The predicted molar refractivity (Wildman–Crippen MR) is 45.7 cm³/mol. The Kier molecular flexibility index (Phi) is 1.25. The minimum absolute atomic E-state index is 0.981. The molecule has 0 atom stereocenters. The third kappa shape index (κ3) is 0.929. The summed E-state index contributed by atoms with van der Waals surface area (Å²) in [4.78, 5) is 0. The molecule has 1 aromatic heterocycles. The molecule has 0 aliphatic rings. The van der Waals surface area contributed by atoms with Crippen molar-refractivity contribution in [2.24, 2.45) is 0 Å². The van der Waals surface area contributed by atoms with E-state index in [9.17, 15) is 0 Å². The fraction of sp³-hybridized carbons (Fsp3) is 0.200. The maximum absolute atomic E-state index is 5.45. The topological polar surface area (TPSA) is 13.1 Å². The number of aryl methyl sites for hydroxylation is 2. The molecule has 0 saturated carbocycles. The summed E-state index contributed by atoms with van der Waals surface area (Å²) < 4.78 is 5.45. The molecule has 2 rings (SSSR count). The van der Waals surface area contributed by atoms with Crippen LogP contribution in [0.2, 0.25) is 0 Å². The van der Waals surface area contributed by atoms with Gasteiger partial charge >= 0.3 is 0 Å². The first-order chi connectivity index (χ1) is 5.27. The summed E-state index contributed by atoms with van der Waals surface area (Å²) in [7, 11) is 0. The smallest absolute Gasteiger partial charge is 0.134 e. The largest absolute Gasteiger partial charge is 0.461 e. The summed E-state index contributed by atoms with van der Waals surface area (Å²) in [6.45, 7) is 4.07. The van der Waals surface area contributed by atoms with E-state index in [1.165, 1.54) is 10.9 Å². The number of rotatable bonds is 0. The molecular weight excluding hydrogens is 136 g/mol. The van der Waals surface area contributed by atoms with Crippen molar-refractivity contribution in [3.63, 3.8) is 0 Å². The molecule has 1 heteroatoms. The Morgan fingerprint density at radius 3 is 2.73 bits per heavy atom. The van der Waals surface area contributed by atoms with Gasteiger partial charge in [-0.25, -0.2) is 0 Å². The van der Waals surface area contributed by atoms with Crippen LogP contribution >= 0.6 is 0 Å². The van der Waals surface area contributed by atoms with Crippen LogP contribution in [0.25, 0.3) is 11.0 Å². The average Bonchev–Trinajstić information content (AvgIpc) is 2.31. The van der Waals surface area contributed by atoms with Crippen LogP contribution in [0.4, 0.5) is 0 Å². The van der Waals surface area contributed by atoms with E-state index in [-0.39, 0.29) is 0 Å². The molecule has 0 aliphatic heterocycles. The van der Waals surface area contributed by atoms with Gasteiger partial charge in [0.15, 0.2) is 0 Å². The number of hydrogen-bond donors (Lipinski definition) is 0. The van der Waals surface area contributed by atoms with Gasteiger partial charge in [-0.05, 0) is 31.5 Å². The van der Waals surface area contributed by atoms with Crippen LogP contribution in [0.5, 0.6) is 0 Å². The van der Waals surface area contributed by atoms with Crippen molar-refractivity contribution in [3.8, 4) is 0 Å². The lowest BCUT2D eigenvalue weighted by Crippen LogP contribution is -1.69. The maximum Gasteiger partial charge on any atom is 0.134 e. The Morgan fingerprint density at radius 1 is 1.18 bits per heavy atom. The highest BCUT2D eigenvalue weighted by Gasteiger charge is 2.00. The van der Waals surface area contributed by atoms with Gasteiger partial charge in [-0.1, -0.05) is 12.1 Å². The molecule has 11 heavy (non-hydrogen) atoms. The minimum Gasteiger partial charge on any atom is -0.461 e. The zero-order valence-corrected chi connectivity index (χ0v) is 6.72. The molecule has 0 spiro atoms. The molecule has 0 amide bonds. The summed E-state index contributed by atoms with van der Waals surface area (Å²) in [6.07, 6.45) is 0. The van der Waals surface area contributed by atoms with Crippen LogP contribution in [0.15, 0.2) is 28.7 Å². The van der Waals surface area contributed by atoms with Crippen molar-refractivity contribution in [2.45, 2.75) is 13.8 Å². The van der Waals surface area contributed by atoms with Crippen LogP contribution < -0.4 is 0 Å². The van der Waals surface area contributed by atoms with Crippen molar-refractivity contribution in [3.05, 3.63) is 35.6 Å². The molecule has 1 nitrogen and oxygen atoms in total. The predicted octanol–water partition coefficient (Wildman–Crippen LogP) is 3.05. The highest BCUT2D eigenvalue weighted by Crippen LogP contribution is 2.21. The number of benzene rings is 1. The molecule has 0 radical (unpaired) electrons. The first kappa shape index (κ1) is 6.47. The summed E-state index contributed by atoms with van der Waals surface area (Å²) >= 11 is 0. The molecule has 0 bridgehead atoms. The third-order valence-electron chi connectivity index (χ3n) is 1.90. The van der Waals surface area contributed by atoms with Gasteiger partial charge in [-0.3, -0.25) is 0 Å². The number of fused-ring (bicyclic) bond motifs is 1. The monoisotopic (exact) mass is 146 g/mol. The van der Waals surface area contributed by atoms with Gasteiger partial charge in [0.2, 0.25) is 0 Å². The van der Waals surface area contributed by atoms with Gasteiger partial charge in [0.05, 0.1) is 0 Å². The molecular formula is C10H10O. The Balaban J connectivity index is 2.90. The molecule has 0 fully saturated rings. The Hall–Kier alpha value is -1.24. The summed E-state index contributed by atoms with van der Waals surface area (Å²) in [5.41, 5.74) is 2.27. The standard InChI is InChI=1S/C10H10O/c1-7-4-3-5-10-9(7)6-8(2)11-10/h3-6H,1-2H3. The van der Waals surface area contributed by atoms with E-state index >= 15 is 0 Å². The van der Waals surface area contributed by atoms with E-state index in [2.05, 4.69) is 19.1 Å². The van der Waals surface area contributed by atoms with E-state index in [1.807, 2.05) is 19.1 Å². The molecule has 0 N–H and O–H groups in total. The van der Waals surface area contributed by atoms with E-state index < -0.39 is 0 Å². The maximum atomic E-state index is 5.45.